The maximum atomic E-state index is 13.1. The Kier molecular flexibility index (Phi) is 11.2. The van der Waals surface area contributed by atoms with E-state index in [4.69, 9.17) is 18.9 Å². The highest BCUT2D eigenvalue weighted by Gasteiger charge is 2.18. The standard InChI is InChI=1S/C30H39N3O6/c1-6-39-29(35)14-13-28(34)33(20-22-11-12-26(37-4)27(17-22)38-5)16-8-9-21(2)32-25-19-24(36-3)18-23-10-7-15-31-30(23)25/h7,10-12,15,17-19,21,32H,6,8-9,13-14,16,20H2,1-5H3. The summed E-state index contributed by atoms with van der Waals surface area (Å²) in [5.74, 6) is 1.53. The van der Waals surface area contributed by atoms with Crippen molar-refractivity contribution in [1.29, 1.82) is 0 Å². The van der Waals surface area contributed by atoms with Crippen LogP contribution in [0.2, 0.25) is 0 Å². The maximum absolute atomic E-state index is 13.1. The van der Waals surface area contributed by atoms with Gasteiger partial charge in [-0.25, -0.2) is 0 Å². The Bertz CT molecular complexity index is 1250. The van der Waals surface area contributed by atoms with Crippen molar-refractivity contribution < 1.29 is 28.5 Å². The summed E-state index contributed by atoms with van der Waals surface area (Å²) in [6.07, 6.45) is 3.52. The van der Waals surface area contributed by atoms with Crippen LogP contribution < -0.4 is 19.5 Å². The van der Waals surface area contributed by atoms with Crippen LogP contribution in [0.5, 0.6) is 17.2 Å². The van der Waals surface area contributed by atoms with E-state index in [2.05, 4.69) is 17.2 Å². The first-order valence-electron chi connectivity index (χ1n) is 13.2. The van der Waals surface area contributed by atoms with Gasteiger partial charge in [0.1, 0.15) is 5.75 Å². The van der Waals surface area contributed by atoms with Crippen molar-refractivity contribution in [3.05, 3.63) is 54.2 Å². The summed E-state index contributed by atoms with van der Waals surface area (Å²) >= 11 is 0. The summed E-state index contributed by atoms with van der Waals surface area (Å²) in [5.41, 5.74) is 2.71. The Balaban J connectivity index is 1.67. The van der Waals surface area contributed by atoms with E-state index in [1.165, 1.54) is 0 Å². The zero-order valence-electron chi connectivity index (χ0n) is 23.5. The number of methoxy groups -OCH3 is 3. The Morgan fingerprint density at radius 1 is 1.00 bits per heavy atom. The smallest absolute Gasteiger partial charge is 0.306 e. The number of hydrogen-bond donors (Lipinski definition) is 1. The molecule has 39 heavy (non-hydrogen) atoms. The molecule has 1 aromatic heterocycles. The first-order valence-corrected chi connectivity index (χ1v) is 13.2. The van der Waals surface area contributed by atoms with Crippen LogP contribution >= 0.6 is 0 Å². The van der Waals surface area contributed by atoms with Crippen LogP contribution in [0.1, 0.15) is 45.1 Å². The largest absolute Gasteiger partial charge is 0.497 e. The number of pyridine rings is 1. The van der Waals surface area contributed by atoms with Gasteiger partial charge in [0.15, 0.2) is 11.5 Å². The molecule has 1 amide bonds. The molecule has 0 fully saturated rings. The Labute approximate surface area is 230 Å². The van der Waals surface area contributed by atoms with Crippen LogP contribution in [0, 0.1) is 0 Å². The van der Waals surface area contributed by atoms with Gasteiger partial charge in [-0.2, -0.15) is 0 Å². The van der Waals surface area contributed by atoms with Crippen LogP contribution in [0.4, 0.5) is 5.69 Å². The van der Waals surface area contributed by atoms with E-state index in [0.717, 1.165) is 40.7 Å². The van der Waals surface area contributed by atoms with Gasteiger partial charge in [0.2, 0.25) is 5.91 Å². The van der Waals surface area contributed by atoms with E-state index in [0.29, 0.717) is 31.2 Å². The lowest BCUT2D eigenvalue weighted by Crippen LogP contribution is -2.32. The molecule has 1 unspecified atom stereocenters. The monoisotopic (exact) mass is 537 g/mol. The first kappa shape index (κ1) is 29.5. The maximum Gasteiger partial charge on any atom is 0.306 e. The van der Waals surface area contributed by atoms with E-state index in [1.807, 2.05) is 42.5 Å². The molecule has 3 rings (SSSR count). The van der Waals surface area contributed by atoms with Gasteiger partial charge >= 0.3 is 5.97 Å². The van der Waals surface area contributed by atoms with Crippen molar-refractivity contribution in [3.63, 3.8) is 0 Å². The summed E-state index contributed by atoms with van der Waals surface area (Å²) in [6, 6.07) is 13.6. The van der Waals surface area contributed by atoms with Gasteiger partial charge in [-0.15, -0.1) is 0 Å². The van der Waals surface area contributed by atoms with Crippen LogP contribution in [0.3, 0.4) is 0 Å². The lowest BCUT2D eigenvalue weighted by molar-refractivity contribution is -0.145. The summed E-state index contributed by atoms with van der Waals surface area (Å²) in [5, 5.41) is 4.56. The molecular weight excluding hydrogens is 498 g/mol. The number of amides is 1. The molecular formula is C30H39N3O6. The zero-order chi connectivity index (χ0) is 28.2. The molecule has 9 heteroatoms. The van der Waals surface area contributed by atoms with Crippen LogP contribution in [-0.4, -0.2) is 62.3 Å². The molecule has 1 atom stereocenters. The number of benzene rings is 2. The van der Waals surface area contributed by atoms with Gasteiger partial charge in [-0.1, -0.05) is 12.1 Å². The number of carbonyl (C=O) groups excluding carboxylic acids is 2. The minimum Gasteiger partial charge on any atom is -0.497 e. The molecule has 0 aliphatic carbocycles. The molecule has 0 aliphatic heterocycles. The second-order valence-corrected chi connectivity index (χ2v) is 9.25. The summed E-state index contributed by atoms with van der Waals surface area (Å²) < 4.78 is 21.2. The molecule has 0 bridgehead atoms. The van der Waals surface area contributed by atoms with E-state index in [9.17, 15) is 9.59 Å². The highest BCUT2D eigenvalue weighted by atomic mass is 16.5. The fraction of sp³-hybridized carbons (Fsp3) is 0.433. The highest BCUT2D eigenvalue weighted by Crippen LogP contribution is 2.29. The van der Waals surface area contributed by atoms with Gasteiger partial charge < -0.3 is 29.2 Å². The second-order valence-electron chi connectivity index (χ2n) is 9.25. The molecule has 0 radical (unpaired) electrons. The molecule has 2 aromatic carbocycles. The first-order chi connectivity index (χ1) is 18.9. The number of hydrogen-bond acceptors (Lipinski definition) is 8. The Hall–Kier alpha value is -4.01. The third kappa shape index (κ3) is 8.49. The fourth-order valence-electron chi connectivity index (χ4n) is 4.41. The number of esters is 1. The SMILES string of the molecule is CCOC(=O)CCC(=O)N(CCCC(C)Nc1cc(OC)cc2cccnc12)Cc1ccc(OC)c(OC)c1. The van der Waals surface area contributed by atoms with Crippen molar-refractivity contribution in [1.82, 2.24) is 9.88 Å². The van der Waals surface area contributed by atoms with E-state index in [-0.39, 0.29) is 30.8 Å². The molecule has 3 aromatic rings. The summed E-state index contributed by atoms with van der Waals surface area (Å²) in [7, 11) is 4.82. The number of rotatable bonds is 15. The van der Waals surface area contributed by atoms with Gasteiger partial charge in [-0.05, 0) is 56.5 Å². The Morgan fingerprint density at radius 2 is 1.79 bits per heavy atom. The third-order valence-electron chi connectivity index (χ3n) is 6.40. The van der Waals surface area contributed by atoms with E-state index in [1.54, 1.807) is 39.3 Å². The number of anilines is 1. The van der Waals surface area contributed by atoms with Crippen LogP contribution in [-0.2, 0) is 20.9 Å². The summed E-state index contributed by atoms with van der Waals surface area (Å²) in [6.45, 7) is 5.09. The number of nitrogens with one attached hydrogen (secondary N) is 1. The normalized spacial score (nSPS) is 11.5. The van der Waals surface area contributed by atoms with Gasteiger partial charge in [-0.3, -0.25) is 14.6 Å². The van der Waals surface area contributed by atoms with Gasteiger partial charge in [0.25, 0.3) is 0 Å². The average molecular weight is 538 g/mol. The van der Waals surface area contributed by atoms with Crippen LogP contribution in [0.15, 0.2) is 48.7 Å². The van der Waals surface area contributed by atoms with Crippen LogP contribution in [0.25, 0.3) is 10.9 Å². The number of nitrogens with zero attached hydrogens (tertiary/aromatic N) is 2. The topological polar surface area (TPSA) is 99.2 Å². The average Bonchev–Trinajstić information content (AvgIpc) is 2.95. The number of carbonyl (C=O) groups is 2. The van der Waals surface area contributed by atoms with Crippen molar-refractivity contribution in [2.24, 2.45) is 0 Å². The molecule has 9 nitrogen and oxygen atoms in total. The predicted octanol–water partition coefficient (Wildman–Crippen LogP) is 5.21. The van der Waals surface area contributed by atoms with Crippen molar-refractivity contribution in [2.75, 3.05) is 39.8 Å². The highest BCUT2D eigenvalue weighted by molar-refractivity contribution is 5.92. The van der Waals surface area contributed by atoms with Crippen molar-refractivity contribution in [3.8, 4) is 17.2 Å². The lowest BCUT2D eigenvalue weighted by atomic mass is 10.1. The van der Waals surface area contributed by atoms with E-state index >= 15 is 0 Å². The minimum atomic E-state index is -0.367. The van der Waals surface area contributed by atoms with Crippen molar-refractivity contribution in [2.45, 2.75) is 52.1 Å². The van der Waals surface area contributed by atoms with Gasteiger partial charge in [0.05, 0.1) is 45.6 Å². The lowest BCUT2D eigenvalue weighted by Gasteiger charge is -2.25. The molecule has 210 valence electrons. The zero-order valence-corrected chi connectivity index (χ0v) is 23.5. The summed E-state index contributed by atoms with van der Waals surface area (Å²) in [4.78, 5) is 31.3. The Morgan fingerprint density at radius 3 is 2.51 bits per heavy atom. The van der Waals surface area contributed by atoms with Gasteiger partial charge in [0, 0.05) is 43.2 Å². The molecule has 0 spiro atoms. The predicted molar refractivity (Wildman–Crippen MR) is 151 cm³/mol. The molecule has 0 saturated carbocycles. The fourth-order valence-corrected chi connectivity index (χ4v) is 4.41. The molecule has 1 heterocycles. The van der Waals surface area contributed by atoms with Crippen molar-refractivity contribution >= 4 is 28.5 Å². The van der Waals surface area contributed by atoms with E-state index < -0.39 is 0 Å². The molecule has 0 aliphatic rings. The second kappa shape index (κ2) is 14.8. The minimum absolute atomic E-state index is 0.0585. The molecule has 1 N–H and O–H groups in total. The molecule has 0 saturated heterocycles. The third-order valence-corrected chi connectivity index (χ3v) is 6.40. The number of fused-ring (bicyclic) bond motifs is 1. The quantitative estimate of drug-likeness (QED) is 0.264. The number of ether oxygens (including phenoxy) is 4. The number of aromatic nitrogens is 1.